The number of alkyl halides is 1. The molecule has 0 unspecified atom stereocenters. The molecule has 5 nitrogen and oxygen atoms in total. The topological polar surface area (TPSA) is 91.3 Å². The monoisotopic (exact) mass is 528 g/mol. The van der Waals surface area contributed by atoms with E-state index in [2.05, 4.69) is 24.3 Å². The van der Waals surface area contributed by atoms with Crippen molar-refractivity contribution >= 4 is 21.7 Å². The van der Waals surface area contributed by atoms with Crippen LogP contribution in [0.3, 0.4) is 0 Å². The van der Waals surface area contributed by atoms with Crippen LogP contribution in [0.25, 0.3) is 0 Å². The lowest BCUT2D eigenvalue weighted by Gasteiger charge is -2.27. The van der Waals surface area contributed by atoms with Crippen molar-refractivity contribution in [3.8, 4) is 0 Å². The molecule has 0 bridgehead atoms. The van der Waals surface area contributed by atoms with Gasteiger partial charge in [0.1, 0.15) is 10.1 Å². The molecule has 1 fully saturated rings. The highest BCUT2D eigenvalue weighted by molar-refractivity contribution is 7.85. The van der Waals surface area contributed by atoms with Gasteiger partial charge in [0.25, 0.3) is 3.92 Å². The molecule has 2 aromatic rings. The van der Waals surface area contributed by atoms with Crippen LogP contribution in [0, 0.1) is 22.8 Å². The molecule has 0 saturated heterocycles. The van der Waals surface area contributed by atoms with Crippen LogP contribution in [-0.4, -0.2) is 28.5 Å². The number of rotatable bonds is 3. The summed E-state index contributed by atoms with van der Waals surface area (Å²) in [5.41, 5.74) is 2.00. The third kappa shape index (κ3) is 7.31. The number of benzene rings is 2. The number of carbonyl (C=O) groups is 2. The van der Waals surface area contributed by atoms with Crippen molar-refractivity contribution in [2.45, 2.75) is 49.4 Å². The molecule has 7 heteroatoms. The average molecular weight is 528 g/mol. The Morgan fingerprint density at radius 2 is 1.28 bits per heavy atom. The molecule has 1 aliphatic rings. The third-order valence-electron chi connectivity index (χ3n) is 4.43. The van der Waals surface area contributed by atoms with Gasteiger partial charge in [-0.2, -0.15) is 0 Å². The second kappa shape index (κ2) is 9.49. The van der Waals surface area contributed by atoms with Crippen molar-refractivity contribution in [2.24, 2.45) is 5.41 Å². The largest absolute Gasteiger partial charge is 0.744 e. The summed E-state index contributed by atoms with van der Waals surface area (Å²) in [6.07, 6.45) is 1.10. The van der Waals surface area contributed by atoms with Crippen LogP contribution in [0.2, 0.25) is 0 Å². The van der Waals surface area contributed by atoms with E-state index in [-0.39, 0.29) is 25.8 Å². The van der Waals surface area contributed by atoms with Crippen molar-refractivity contribution in [3.63, 3.8) is 0 Å². The molecule has 0 atom stereocenters. The van der Waals surface area contributed by atoms with Gasteiger partial charge in [-0.25, -0.2) is 8.42 Å². The van der Waals surface area contributed by atoms with E-state index in [1.54, 1.807) is 12.1 Å². The number of carbonyl (C=O) groups excluding carboxylic acids is 2. The van der Waals surface area contributed by atoms with Crippen LogP contribution in [-0.2, 0) is 19.7 Å². The van der Waals surface area contributed by atoms with Crippen molar-refractivity contribution in [2.75, 3.05) is 0 Å². The molecule has 0 amide bonds. The molecule has 0 aliphatic heterocycles. The zero-order chi connectivity index (χ0) is 21.8. The molecule has 0 spiro atoms. The molecule has 0 radical (unpaired) electrons. The number of aryl methyl sites for hydroxylation is 2. The summed E-state index contributed by atoms with van der Waals surface area (Å²) in [7, 11) is -4.27. The highest BCUT2D eigenvalue weighted by atomic mass is 127. The lowest BCUT2D eigenvalue weighted by atomic mass is 9.76. The molecule has 0 aromatic heterocycles. The van der Waals surface area contributed by atoms with Gasteiger partial charge in [-0.1, -0.05) is 49.2 Å². The average Bonchev–Trinajstić information content (AvgIpc) is 2.59. The van der Waals surface area contributed by atoms with Crippen molar-refractivity contribution in [1.82, 2.24) is 0 Å². The first-order chi connectivity index (χ1) is 13.4. The minimum Gasteiger partial charge on any atom is -0.744 e. The lowest BCUT2D eigenvalue weighted by molar-refractivity contribution is -0.637. The molecule has 0 heterocycles. The maximum atomic E-state index is 12.1. The Morgan fingerprint density at radius 3 is 1.69 bits per heavy atom. The molecule has 2 aromatic carbocycles. The van der Waals surface area contributed by atoms with E-state index < -0.39 is 31.3 Å². The zero-order valence-electron chi connectivity index (χ0n) is 16.9. The molecule has 3 rings (SSSR count). The smallest absolute Gasteiger partial charge is 0.333 e. The first kappa shape index (κ1) is 23.7. The Morgan fingerprint density at radius 1 is 0.862 bits per heavy atom. The van der Waals surface area contributed by atoms with Crippen molar-refractivity contribution in [3.05, 3.63) is 63.2 Å². The minimum atomic E-state index is -4.27. The fraction of sp³-hybridized carbons (Fsp3) is 0.364. The van der Waals surface area contributed by atoms with E-state index in [9.17, 15) is 22.6 Å². The summed E-state index contributed by atoms with van der Waals surface area (Å²) in [4.78, 5) is 24.0. The quantitative estimate of drug-likeness (QED) is 0.250. The summed E-state index contributed by atoms with van der Waals surface area (Å²) >= 11 is -0.529. The SMILES string of the molecule is Cc1ccc(S(=O)(=O)[O-])cc1.Cc1ccc([I+]C2C(=O)CC(C)(C)CC2=O)cc1. The van der Waals surface area contributed by atoms with Gasteiger partial charge in [0.2, 0.25) is 0 Å². The van der Waals surface area contributed by atoms with E-state index in [0.717, 1.165) is 5.56 Å². The van der Waals surface area contributed by atoms with Gasteiger partial charge in [-0.15, -0.1) is 0 Å². The van der Waals surface area contributed by atoms with Crippen LogP contribution >= 0.6 is 0 Å². The maximum absolute atomic E-state index is 12.1. The second-order valence-corrected chi connectivity index (χ2v) is 12.5. The Balaban J connectivity index is 0.000000234. The summed E-state index contributed by atoms with van der Waals surface area (Å²) in [6.45, 7) is 7.87. The number of hydrogen-bond donors (Lipinski definition) is 0. The van der Waals surface area contributed by atoms with E-state index in [0.29, 0.717) is 12.8 Å². The standard InChI is InChI=1S/C15H18IO2.C7H8O3S/c1-10-4-6-11(7-5-10)16-14-12(17)8-15(2,3)9-13(14)18;1-6-2-4-7(5-3-6)11(8,9)10/h4-7,14H,8-9H2,1-3H3;2-5H,1H3,(H,8,9,10)/q+1;/p-1. The second-order valence-electron chi connectivity index (χ2n) is 7.98. The van der Waals surface area contributed by atoms with E-state index in [4.69, 9.17) is 0 Å². The van der Waals surface area contributed by atoms with Gasteiger partial charge in [0.05, 0.1) is 4.90 Å². The first-order valence-corrected chi connectivity index (χ1v) is 12.9. The molecule has 1 aliphatic carbocycles. The van der Waals surface area contributed by atoms with Crippen LogP contribution in [0.5, 0.6) is 0 Å². The van der Waals surface area contributed by atoms with E-state index in [1.165, 1.54) is 21.3 Å². The van der Waals surface area contributed by atoms with Crippen molar-refractivity contribution < 1.29 is 43.8 Å². The predicted molar refractivity (Wildman–Crippen MR) is 106 cm³/mol. The highest BCUT2D eigenvalue weighted by Gasteiger charge is 2.47. The minimum absolute atomic E-state index is 0.137. The summed E-state index contributed by atoms with van der Waals surface area (Å²) in [5.74, 6) is 0.314. The van der Waals surface area contributed by atoms with Crippen LogP contribution in [0.4, 0.5) is 0 Å². The van der Waals surface area contributed by atoms with E-state index in [1.807, 2.05) is 27.7 Å². The predicted octanol–water partition coefficient (Wildman–Crippen LogP) is 0.480. The fourth-order valence-corrected chi connectivity index (χ4v) is 6.02. The van der Waals surface area contributed by atoms with Gasteiger partial charge in [-0.05, 0) is 43.5 Å². The normalized spacial score (nSPS) is 16.9. The van der Waals surface area contributed by atoms with Gasteiger partial charge in [0, 0.05) is 12.8 Å². The summed E-state index contributed by atoms with van der Waals surface area (Å²) in [6, 6.07) is 14.0. The maximum Gasteiger partial charge on any atom is 0.333 e. The fourth-order valence-electron chi connectivity index (χ4n) is 2.92. The van der Waals surface area contributed by atoms with Crippen LogP contribution < -0.4 is 21.2 Å². The summed E-state index contributed by atoms with van der Waals surface area (Å²) < 4.78 is 32.0. The van der Waals surface area contributed by atoms with Crippen LogP contribution in [0.15, 0.2) is 53.4 Å². The Hall–Kier alpha value is -1.58. The number of hydrogen-bond acceptors (Lipinski definition) is 5. The molecule has 1 saturated carbocycles. The number of ketones is 2. The van der Waals surface area contributed by atoms with Gasteiger partial charge >= 0.3 is 21.2 Å². The molecular weight excluding hydrogens is 503 g/mol. The van der Waals surface area contributed by atoms with Gasteiger partial charge in [0.15, 0.2) is 15.1 Å². The Labute approximate surface area is 182 Å². The molecular formula is C22H25IO5S. The Kier molecular flexibility index (Phi) is 7.75. The molecule has 29 heavy (non-hydrogen) atoms. The number of Topliss-reactive ketones (excluding diaryl/α,β-unsaturated/α-hetero) is 2. The Bertz CT molecular complexity index is 957. The highest BCUT2D eigenvalue weighted by Crippen LogP contribution is 2.30. The number of halogens is 1. The molecule has 0 N–H and O–H groups in total. The molecule has 156 valence electrons. The third-order valence-corrected chi connectivity index (χ3v) is 8.73. The van der Waals surface area contributed by atoms with Crippen LogP contribution in [0.1, 0.15) is 37.8 Å². The van der Waals surface area contributed by atoms with Gasteiger partial charge in [-0.3, -0.25) is 9.59 Å². The van der Waals surface area contributed by atoms with Crippen molar-refractivity contribution in [1.29, 1.82) is 0 Å². The first-order valence-electron chi connectivity index (χ1n) is 9.15. The van der Waals surface area contributed by atoms with E-state index >= 15 is 0 Å². The zero-order valence-corrected chi connectivity index (χ0v) is 19.9. The summed E-state index contributed by atoms with van der Waals surface area (Å²) in [5, 5.41) is 0. The van der Waals surface area contributed by atoms with Gasteiger partial charge < -0.3 is 4.55 Å². The lowest BCUT2D eigenvalue weighted by Crippen LogP contribution is -3.66.